The van der Waals surface area contributed by atoms with Gasteiger partial charge in [0.2, 0.25) is 5.91 Å². The number of hydrogen-bond donors (Lipinski definition) is 1. The number of thiophene rings is 1. The summed E-state index contributed by atoms with van der Waals surface area (Å²) < 4.78 is 0. The van der Waals surface area contributed by atoms with E-state index in [0.29, 0.717) is 0 Å². The van der Waals surface area contributed by atoms with Crippen LogP contribution < -0.4 is 5.32 Å². The molecule has 0 bridgehead atoms. The van der Waals surface area contributed by atoms with E-state index < -0.39 is 0 Å². The maximum absolute atomic E-state index is 11.3. The fourth-order valence-corrected chi connectivity index (χ4v) is 1.96. The summed E-state index contributed by atoms with van der Waals surface area (Å²) in [5.74, 6) is 0.0593. The van der Waals surface area contributed by atoms with E-state index in [4.69, 9.17) is 0 Å². The third-order valence-corrected chi connectivity index (χ3v) is 3.13. The van der Waals surface area contributed by atoms with Gasteiger partial charge in [-0.25, -0.2) is 0 Å². The van der Waals surface area contributed by atoms with Crippen LogP contribution in [0.1, 0.15) is 11.8 Å². The summed E-state index contributed by atoms with van der Waals surface area (Å²) in [7, 11) is 3.62. The zero-order valence-electron chi connectivity index (χ0n) is 8.78. The van der Waals surface area contributed by atoms with Crippen molar-refractivity contribution in [3.05, 3.63) is 22.4 Å². The highest BCUT2D eigenvalue weighted by Crippen LogP contribution is 2.12. The predicted molar refractivity (Wildman–Crippen MR) is 59.3 cm³/mol. The molecule has 0 fully saturated rings. The first-order valence-corrected chi connectivity index (χ1v) is 5.47. The third kappa shape index (κ3) is 2.82. The minimum atomic E-state index is -0.0814. The molecule has 0 spiro atoms. The molecule has 0 saturated heterocycles. The molecule has 0 unspecified atom stereocenters. The van der Waals surface area contributed by atoms with Crippen LogP contribution in [-0.4, -0.2) is 30.9 Å². The lowest BCUT2D eigenvalue weighted by molar-refractivity contribution is -0.125. The molecule has 0 aliphatic carbocycles. The number of carbonyl (C=O) groups is 1. The molecule has 1 rings (SSSR count). The first kappa shape index (κ1) is 11.2. The van der Waals surface area contributed by atoms with Gasteiger partial charge in [0.05, 0.1) is 6.04 Å². The lowest BCUT2D eigenvalue weighted by Crippen LogP contribution is -2.41. The maximum Gasteiger partial charge on any atom is 0.236 e. The second kappa shape index (κ2) is 5.12. The molecule has 78 valence electrons. The number of amides is 1. The van der Waals surface area contributed by atoms with Crippen molar-refractivity contribution in [1.29, 1.82) is 0 Å². The van der Waals surface area contributed by atoms with Crippen LogP contribution in [0.5, 0.6) is 0 Å². The molecule has 0 radical (unpaired) electrons. The van der Waals surface area contributed by atoms with Crippen LogP contribution in [0.25, 0.3) is 0 Å². The summed E-state index contributed by atoms with van der Waals surface area (Å²) in [5, 5.41) is 4.70. The van der Waals surface area contributed by atoms with E-state index in [0.717, 1.165) is 6.54 Å². The second-order valence-electron chi connectivity index (χ2n) is 3.28. The Hall–Kier alpha value is -0.870. The lowest BCUT2D eigenvalue weighted by atomic mass is 10.2. The summed E-state index contributed by atoms with van der Waals surface area (Å²) in [6.45, 7) is 2.73. The Morgan fingerprint density at radius 3 is 2.93 bits per heavy atom. The van der Waals surface area contributed by atoms with Crippen molar-refractivity contribution in [3.63, 3.8) is 0 Å². The van der Waals surface area contributed by atoms with Crippen LogP contribution >= 0.6 is 11.3 Å². The number of nitrogens with zero attached hydrogens (tertiary/aromatic N) is 1. The normalized spacial score (nSPS) is 12.9. The molecule has 0 aliphatic heterocycles. The van der Waals surface area contributed by atoms with Gasteiger partial charge in [-0.1, -0.05) is 6.07 Å². The van der Waals surface area contributed by atoms with Crippen molar-refractivity contribution in [3.8, 4) is 0 Å². The summed E-state index contributed by atoms with van der Waals surface area (Å²) in [6, 6.07) is 4.03. The highest BCUT2D eigenvalue weighted by molar-refractivity contribution is 7.09. The molecule has 0 aliphatic rings. The molecular formula is C10H16N2OS. The van der Waals surface area contributed by atoms with E-state index in [2.05, 4.69) is 11.4 Å². The SMILES string of the molecule is CNC(=O)[C@@H](C)N(C)Cc1cccs1. The molecule has 0 aromatic carbocycles. The number of nitrogens with one attached hydrogen (secondary N) is 1. The number of likely N-dealkylation sites (N-methyl/N-ethyl adjacent to an activating group) is 2. The molecule has 1 aromatic rings. The average molecular weight is 212 g/mol. The standard InChI is InChI=1S/C10H16N2OS/c1-8(10(13)11-2)12(3)7-9-5-4-6-14-9/h4-6,8H,7H2,1-3H3,(H,11,13)/t8-/m1/s1. The third-order valence-electron chi connectivity index (χ3n) is 2.27. The van der Waals surface area contributed by atoms with E-state index in [-0.39, 0.29) is 11.9 Å². The van der Waals surface area contributed by atoms with E-state index in [9.17, 15) is 4.79 Å². The zero-order chi connectivity index (χ0) is 10.6. The quantitative estimate of drug-likeness (QED) is 0.816. The minimum Gasteiger partial charge on any atom is -0.358 e. The van der Waals surface area contributed by atoms with Gasteiger partial charge in [-0.05, 0) is 25.4 Å². The Labute approximate surface area is 88.7 Å². The molecule has 4 heteroatoms. The molecule has 3 nitrogen and oxygen atoms in total. The molecule has 1 aromatic heterocycles. The van der Waals surface area contributed by atoms with Gasteiger partial charge in [0.15, 0.2) is 0 Å². The Bertz CT molecular complexity index is 284. The van der Waals surface area contributed by atoms with E-state index in [1.54, 1.807) is 18.4 Å². The van der Waals surface area contributed by atoms with E-state index in [1.165, 1.54) is 4.88 Å². The summed E-state index contributed by atoms with van der Waals surface area (Å²) in [6.07, 6.45) is 0. The molecule has 14 heavy (non-hydrogen) atoms. The van der Waals surface area contributed by atoms with Crippen LogP contribution in [0.3, 0.4) is 0 Å². The van der Waals surface area contributed by atoms with Crippen LogP contribution in [0.4, 0.5) is 0 Å². The predicted octanol–water partition coefficient (Wildman–Crippen LogP) is 1.31. The summed E-state index contributed by atoms with van der Waals surface area (Å²) >= 11 is 1.71. The molecule has 1 atom stereocenters. The van der Waals surface area contributed by atoms with Gasteiger partial charge in [0.25, 0.3) is 0 Å². The van der Waals surface area contributed by atoms with Crippen molar-refractivity contribution >= 4 is 17.2 Å². The van der Waals surface area contributed by atoms with Gasteiger partial charge < -0.3 is 5.32 Å². The van der Waals surface area contributed by atoms with Gasteiger partial charge in [-0.3, -0.25) is 9.69 Å². The highest BCUT2D eigenvalue weighted by Gasteiger charge is 2.16. The van der Waals surface area contributed by atoms with Crippen molar-refractivity contribution in [2.45, 2.75) is 19.5 Å². The van der Waals surface area contributed by atoms with Gasteiger partial charge in [-0.15, -0.1) is 11.3 Å². The molecule has 1 heterocycles. The fourth-order valence-electron chi connectivity index (χ4n) is 1.19. The van der Waals surface area contributed by atoms with Crippen LogP contribution in [0.2, 0.25) is 0 Å². The largest absolute Gasteiger partial charge is 0.358 e. The molecule has 0 saturated carbocycles. The van der Waals surface area contributed by atoms with E-state index in [1.807, 2.05) is 30.3 Å². The Morgan fingerprint density at radius 1 is 1.71 bits per heavy atom. The van der Waals surface area contributed by atoms with Crippen LogP contribution in [-0.2, 0) is 11.3 Å². The maximum atomic E-state index is 11.3. The first-order chi connectivity index (χ1) is 6.65. The van der Waals surface area contributed by atoms with Gasteiger partial charge in [-0.2, -0.15) is 0 Å². The van der Waals surface area contributed by atoms with Crippen molar-refractivity contribution in [2.75, 3.05) is 14.1 Å². The average Bonchev–Trinajstić information content (AvgIpc) is 2.68. The van der Waals surface area contributed by atoms with Crippen LogP contribution in [0.15, 0.2) is 17.5 Å². The number of rotatable bonds is 4. The first-order valence-electron chi connectivity index (χ1n) is 4.59. The lowest BCUT2D eigenvalue weighted by Gasteiger charge is -2.22. The Morgan fingerprint density at radius 2 is 2.43 bits per heavy atom. The monoisotopic (exact) mass is 212 g/mol. The number of hydrogen-bond acceptors (Lipinski definition) is 3. The number of carbonyl (C=O) groups excluding carboxylic acids is 1. The zero-order valence-corrected chi connectivity index (χ0v) is 9.60. The summed E-state index contributed by atoms with van der Waals surface area (Å²) in [4.78, 5) is 14.6. The topological polar surface area (TPSA) is 32.3 Å². The smallest absolute Gasteiger partial charge is 0.236 e. The Kier molecular flexibility index (Phi) is 4.10. The highest BCUT2D eigenvalue weighted by atomic mass is 32.1. The molecule has 1 N–H and O–H groups in total. The minimum absolute atomic E-state index is 0.0593. The van der Waals surface area contributed by atoms with Gasteiger partial charge >= 0.3 is 0 Å². The van der Waals surface area contributed by atoms with Gasteiger partial charge in [0.1, 0.15) is 0 Å². The second-order valence-corrected chi connectivity index (χ2v) is 4.32. The van der Waals surface area contributed by atoms with Gasteiger partial charge in [0, 0.05) is 18.5 Å². The van der Waals surface area contributed by atoms with Crippen molar-refractivity contribution < 1.29 is 4.79 Å². The van der Waals surface area contributed by atoms with E-state index >= 15 is 0 Å². The summed E-state index contributed by atoms with van der Waals surface area (Å²) in [5.41, 5.74) is 0. The molecule has 1 amide bonds. The fraction of sp³-hybridized carbons (Fsp3) is 0.500. The molecular weight excluding hydrogens is 196 g/mol. The Balaban J connectivity index is 2.49. The van der Waals surface area contributed by atoms with Crippen LogP contribution in [0, 0.1) is 0 Å². The van der Waals surface area contributed by atoms with Crippen molar-refractivity contribution in [1.82, 2.24) is 10.2 Å². The van der Waals surface area contributed by atoms with Crippen molar-refractivity contribution in [2.24, 2.45) is 0 Å².